The molecule has 3 aromatic rings. The van der Waals surface area contributed by atoms with Gasteiger partial charge in [0.2, 0.25) is 0 Å². The van der Waals surface area contributed by atoms with E-state index in [0.29, 0.717) is 28.5 Å². The zero-order valence-electron chi connectivity index (χ0n) is 17.5. The number of nitrogens with one attached hydrogen (secondary N) is 1. The van der Waals surface area contributed by atoms with E-state index >= 15 is 0 Å². The van der Waals surface area contributed by atoms with Crippen LogP contribution in [0.5, 0.6) is 0 Å². The van der Waals surface area contributed by atoms with Crippen molar-refractivity contribution in [3.63, 3.8) is 0 Å². The van der Waals surface area contributed by atoms with E-state index in [0.717, 1.165) is 6.54 Å². The Morgan fingerprint density at radius 1 is 1.12 bits per heavy atom. The number of hydrogen-bond donors (Lipinski definition) is 3. The Kier molecular flexibility index (Phi) is 5.86. The predicted molar refractivity (Wildman–Crippen MR) is 117 cm³/mol. The van der Waals surface area contributed by atoms with Crippen LogP contribution in [0.25, 0.3) is 17.2 Å². The number of fused-ring (bicyclic) bond motifs is 1. The number of rotatable bonds is 6. The Balaban J connectivity index is 1.35. The second kappa shape index (κ2) is 8.93. The SMILES string of the molecule is O[C@@H]1[C@H](O)[C@@H](C=Cc2ccccc2F)O[C@H]1n1cnc2c(NCC3CCCC3)ncnc21. The fraction of sp³-hybridized carbons (Fsp3) is 0.435. The van der Waals surface area contributed by atoms with Gasteiger partial charge in [-0.3, -0.25) is 4.57 Å². The van der Waals surface area contributed by atoms with Gasteiger partial charge in [0.25, 0.3) is 0 Å². The van der Waals surface area contributed by atoms with Crippen LogP contribution in [0.3, 0.4) is 0 Å². The summed E-state index contributed by atoms with van der Waals surface area (Å²) >= 11 is 0. The normalized spacial score (nSPS) is 26.5. The first-order valence-corrected chi connectivity index (χ1v) is 11.0. The molecule has 5 rings (SSSR count). The molecular formula is C23H26FN5O3. The second-order valence-corrected chi connectivity index (χ2v) is 8.43. The highest BCUT2D eigenvalue weighted by Crippen LogP contribution is 2.33. The minimum atomic E-state index is -1.20. The molecule has 0 spiro atoms. The molecule has 1 aliphatic heterocycles. The molecule has 3 N–H and O–H groups in total. The molecule has 0 unspecified atom stereocenters. The van der Waals surface area contributed by atoms with E-state index < -0.39 is 24.5 Å². The summed E-state index contributed by atoms with van der Waals surface area (Å²) in [7, 11) is 0. The van der Waals surface area contributed by atoms with Crippen LogP contribution in [0.2, 0.25) is 0 Å². The van der Waals surface area contributed by atoms with Gasteiger partial charge in [-0.2, -0.15) is 0 Å². The number of benzene rings is 1. The number of aliphatic hydroxyl groups is 2. The number of nitrogens with zero attached hydrogens (tertiary/aromatic N) is 4. The lowest BCUT2D eigenvalue weighted by Gasteiger charge is -2.16. The lowest BCUT2D eigenvalue weighted by molar-refractivity contribution is -0.0243. The number of anilines is 1. The van der Waals surface area contributed by atoms with Crippen molar-refractivity contribution in [1.29, 1.82) is 0 Å². The average Bonchev–Trinajstić information content (AvgIpc) is 3.53. The van der Waals surface area contributed by atoms with Gasteiger partial charge in [0, 0.05) is 12.1 Å². The Bertz CT molecular complexity index is 1110. The maximum Gasteiger partial charge on any atom is 0.167 e. The number of aliphatic hydroxyl groups excluding tert-OH is 2. The lowest BCUT2D eigenvalue weighted by Crippen LogP contribution is -2.30. The highest BCUT2D eigenvalue weighted by Gasteiger charge is 2.43. The smallest absolute Gasteiger partial charge is 0.167 e. The minimum Gasteiger partial charge on any atom is -0.387 e. The molecule has 1 saturated heterocycles. The van der Waals surface area contributed by atoms with Crippen molar-refractivity contribution < 1.29 is 19.3 Å². The number of imidazole rings is 1. The van der Waals surface area contributed by atoms with Crippen LogP contribution in [0.1, 0.15) is 37.5 Å². The standard InChI is InChI=1S/C23H26FN5O3/c24-16-8-4-3-7-15(16)9-10-17-19(30)20(31)23(32-17)29-13-28-18-21(26-12-27-22(18)29)25-11-14-5-1-2-6-14/h3-4,7-10,12-14,17,19-20,23,30-31H,1-2,5-6,11H2,(H,25,26,27)/t17-,19-,20-,23-/m1/s1. The van der Waals surface area contributed by atoms with Crippen LogP contribution < -0.4 is 5.32 Å². The first kappa shape index (κ1) is 21.0. The van der Waals surface area contributed by atoms with E-state index in [4.69, 9.17) is 4.74 Å². The molecule has 0 amide bonds. The molecular weight excluding hydrogens is 413 g/mol. The van der Waals surface area contributed by atoms with E-state index in [1.807, 2.05) is 0 Å². The van der Waals surface area contributed by atoms with Crippen molar-refractivity contribution in [2.75, 3.05) is 11.9 Å². The number of halogens is 1. The van der Waals surface area contributed by atoms with Gasteiger partial charge in [0.05, 0.1) is 6.33 Å². The van der Waals surface area contributed by atoms with Gasteiger partial charge >= 0.3 is 0 Å². The Morgan fingerprint density at radius 3 is 2.75 bits per heavy atom. The molecule has 2 aliphatic rings. The first-order chi connectivity index (χ1) is 15.6. The number of hydrogen-bond acceptors (Lipinski definition) is 7. The Morgan fingerprint density at radius 2 is 1.94 bits per heavy atom. The van der Waals surface area contributed by atoms with Gasteiger partial charge in [-0.05, 0) is 24.8 Å². The third-order valence-electron chi connectivity index (χ3n) is 6.31. The largest absolute Gasteiger partial charge is 0.387 e. The summed E-state index contributed by atoms with van der Waals surface area (Å²) in [6, 6.07) is 6.32. The van der Waals surface area contributed by atoms with Crippen LogP contribution in [-0.2, 0) is 4.74 Å². The summed E-state index contributed by atoms with van der Waals surface area (Å²) in [6.07, 6.45) is 6.97. The van der Waals surface area contributed by atoms with E-state index in [1.165, 1.54) is 50.5 Å². The molecule has 4 atom stereocenters. The maximum atomic E-state index is 13.9. The highest BCUT2D eigenvalue weighted by atomic mass is 19.1. The molecule has 32 heavy (non-hydrogen) atoms. The van der Waals surface area contributed by atoms with Crippen LogP contribution in [0.15, 0.2) is 43.0 Å². The van der Waals surface area contributed by atoms with E-state index in [1.54, 1.807) is 28.8 Å². The molecule has 168 valence electrons. The second-order valence-electron chi connectivity index (χ2n) is 8.43. The summed E-state index contributed by atoms with van der Waals surface area (Å²) in [6.45, 7) is 0.836. The van der Waals surface area contributed by atoms with Gasteiger partial charge < -0.3 is 20.3 Å². The zero-order valence-corrected chi connectivity index (χ0v) is 17.5. The fourth-order valence-corrected chi connectivity index (χ4v) is 4.51. The van der Waals surface area contributed by atoms with Crippen LogP contribution in [0.4, 0.5) is 10.2 Å². The molecule has 8 nitrogen and oxygen atoms in total. The average molecular weight is 439 g/mol. The van der Waals surface area contributed by atoms with Crippen LogP contribution in [-0.4, -0.2) is 54.6 Å². The zero-order chi connectivity index (χ0) is 22.1. The Labute approximate surface area is 184 Å². The van der Waals surface area contributed by atoms with E-state index in [2.05, 4.69) is 20.3 Å². The fourth-order valence-electron chi connectivity index (χ4n) is 4.51. The van der Waals surface area contributed by atoms with Crippen LogP contribution >= 0.6 is 0 Å². The van der Waals surface area contributed by atoms with E-state index in [-0.39, 0.29) is 5.82 Å². The van der Waals surface area contributed by atoms with E-state index in [9.17, 15) is 14.6 Å². The summed E-state index contributed by atoms with van der Waals surface area (Å²) in [4.78, 5) is 13.1. The van der Waals surface area contributed by atoms with Crippen LogP contribution in [0, 0.1) is 11.7 Å². The van der Waals surface area contributed by atoms with Gasteiger partial charge in [-0.1, -0.05) is 43.2 Å². The maximum absolute atomic E-state index is 13.9. The molecule has 0 radical (unpaired) electrons. The minimum absolute atomic E-state index is 0.372. The molecule has 1 saturated carbocycles. The lowest BCUT2D eigenvalue weighted by atomic mass is 10.1. The summed E-state index contributed by atoms with van der Waals surface area (Å²) in [5.74, 6) is 0.909. The van der Waals surface area contributed by atoms with Gasteiger partial charge in [0.1, 0.15) is 30.5 Å². The van der Waals surface area contributed by atoms with Gasteiger partial charge in [-0.25, -0.2) is 19.3 Å². The predicted octanol–water partition coefficient (Wildman–Crippen LogP) is 2.90. The molecule has 1 aromatic carbocycles. The van der Waals surface area contributed by atoms with Crippen molar-refractivity contribution in [3.05, 3.63) is 54.4 Å². The third kappa shape index (κ3) is 3.99. The van der Waals surface area contributed by atoms with Crippen molar-refractivity contribution in [3.8, 4) is 0 Å². The van der Waals surface area contributed by atoms with Gasteiger partial charge in [-0.15, -0.1) is 0 Å². The van der Waals surface area contributed by atoms with Crippen molar-refractivity contribution in [1.82, 2.24) is 19.5 Å². The summed E-state index contributed by atoms with van der Waals surface area (Å²) in [5, 5.41) is 24.5. The third-order valence-corrected chi connectivity index (χ3v) is 6.31. The Hall–Kier alpha value is -2.88. The first-order valence-electron chi connectivity index (χ1n) is 11.0. The van der Waals surface area contributed by atoms with Crippen molar-refractivity contribution in [2.24, 2.45) is 5.92 Å². The number of aromatic nitrogens is 4. The molecule has 9 heteroatoms. The molecule has 0 bridgehead atoms. The molecule has 1 aliphatic carbocycles. The summed E-state index contributed by atoms with van der Waals surface area (Å²) < 4.78 is 21.4. The highest BCUT2D eigenvalue weighted by molar-refractivity contribution is 5.82. The monoisotopic (exact) mass is 439 g/mol. The summed E-state index contributed by atoms with van der Waals surface area (Å²) in [5.41, 5.74) is 1.46. The number of ether oxygens (including phenoxy) is 1. The molecule has 2 aromatic heterocycles. The van der Waals surface area contributed by atoms with Gasteiger partial charge in [0.15, 0.2) is 23.2 Å². The van der Waals surface area contributed by atoms with Crippen molar-refractivity contribution in [2.45, 2.75) is 50.2 Å². The quantitative estimate of drug-likeness (QED) is 0.542. The topological polar surface area (TPSA) is 105 Å². The molecule has 3 heterocycles. The van der Waals surface area contributed by atoms with Crippen molar-refractivity contribution >= 4 is 23.1 Å². The molecule has 2 fully saturated rings.